The van der Waals surface area contributed by atoms with Crippen LogP contribution in [-0.2, 0) is 22.5 Å². The number of imidazole rings is 1. The van der Waals surface area contributed by atoms with Crippen LogP contribution in [0.25, 0.3) is 11.4 Å². The number of hydrogen-bond donors (Lipinski definition) is 0. The summed E-state index contributed by atoms with van der Waals surface area (Å²) in [6.45, 7) is 0.652. The Morgan fingerprint density at radius 1 is 1.45 bits per heavy atom. The number of benzene rings is 1. The van der Waals surface area contributed by atoms with Crippen molar-refractivity contribution in [3.8, 4) is 11.4 Å². The van der Waals surface area contributed by atoms with Gasteiger partial charge in [-0.15, -0.1) is 0 Å². The fourth-order valence-corrected chi connectivity index (χ4v) is 2.69. The normalized spacial score (nSPS) is 17.6. The second-order valence-electron chi connectivity index (χ2n) is 4.92. The Morgan fingerprint density at radius 3 is 3.00 bits per heavy atom. The molecule has 4 nitrogen and oxygen atoms in total. The van der Waals surface area contributed by atoms with Crippen LogP contribution in [0, 0.1) is 11.7 Å². The van der Waals surface area contributed by atoms with E-state index >= 15 is 0 Å². The third-order valence-electron chi connectivity index (χ3n) is 3.74. The number of fused-ring (bicyclic) bond motifs is 1. The van der Waals surface area contributed by atoms with Crippen molar-refractivity contribution in [2.45, 2.75) is 19.4 Å². The van der Waals surface area contributed by atoms with Crippen LogP contribution in [0.1, 0.15) is 12.1 Å². The van der Waals surface area contributed by atoms with Crippen LogP contribution in [-0.4, -0.2) is 22.6 Å². The molecule has 5 heteroatoms. The summed E-state index contributed by atoms with van der Waals surface area (Å²) in [4.78, 5) is 15.9. The molecule has 1 aromatic carbocycles. The number of ether oxygens (including phenoxy) is 1. The molecule has 0 bridgehead atoms. The fourth-order valence-electron chi connectivity index (χ4n) is 2.69. The molecule has 0 aliphatic carbocycles. The van der Waals surface area contributed by atoms with Gasteiger partial charge < -0.3 is 9.30 Å². The van der Waals surface area contributed by atoms with Gasteiger partial charge in [-0.25, -0.2) is 9.37 Å². The SMILES string of the molecule is COC(=O)C1CCn2c(cnc2-c2ccccc2F)C1. The predicted octanol–water partition coefficient (Wildman–Crippen LogP) is 2.42. The summed E-state index contributed by atoms with van der Waals surface area (Å²) in [6.07, 6.45) is 3.00. The van der Waals surface area contributed by atoms with Crippen LogP contribution in [0.4, 0.5) is 4.39 Å². The topological polar surface area (TPSA) is 44.1 Å². The molecule has 0 amide bonds. The van der Waals surface area contributed by atoms with E-state index in [2.05, 4.69) is 4.98 Å². The van der Waals surface area contributed by atoms with Crippen molar-refractivity contribution < 1.29 is 13.9 Å². The van der Waals surface area contributed by atoms with Gasteiger partial charge in [0.05, 0.1) is 18.6 Å². The summed E-state index contributed by atoms with van der Waals surface area (Å²) >= 11 is 0. The number of rotatable bonds is 2. The molecule has 0 saturated carbocycles. The Labute approximate surface area is 116 Å². The second kappa shape index (κ2) is 5.07. The molecule has 2 heterocycles. The lowest BCUT2D eigenvalue weighted by molar-refractivity contribution is -0.146. The van der Waals surface area contributed by atoms with Crippen LogP contribution in [0.15, 0.2) is 30.5 Å². The van der Waals surface area contributed by atoms with Gasteiger partial charge in [-0.05, 0) is 18.6 Å². The minimum absolute atomic E-state index is 0.127. The molecule has 0 saturated heterocycles. The van der Waals surface area contributed by atoms with E-state index in [0.29, 0.717) is 30.8 Å². The number of nitrogens with zero attached hydrogens (tertiary/aromatic N) is 2. The first-order valence-electron chi connectivity index (χ1n) is 6.58. The average Bonchev–Trinajstić information content (AvgIpc) is 2.90. The summed E-state index contributed by atoms with van der Waals surface area (Å²) in [5.74, 6) is 0.0277. The van der Waals surface area contributed by atoms with Crippen molar-refractivity contribution in [2.75, 3.05) is 7.11 Å². The van der Waals surface area contributed by atoms with Crippen molar-refractivity contribution in [3.63, 3.8) is 0 Å². The summed E-state index contributed by atoms with van der Waals surface area (Å²) in [7, 11) is 1.40. The van der Waals surface area contributed by atoms with E-state index in [4.69, 9.17) is 4.74 Å². The van der Waals surface area contributed by atoms with E-state index in [0.717, 1.165) is 5.69 Å². The zero-order valence-electron chi connectivity index (χ0n) is 11.2. The lowest BCUT2D eigenvalue weighted by Gasteiger charge is -2.23. The van der Waals surface area contributed by atoms with E-state index in [1.54, 1.807) is 24.4 Å². The zero-order chi connectivity index (χ0) is 14.1. The highest BCUT2D eigenvalue weighted by atomic mass is 19.1. The van der Waals surface area contributed by atoms with E-state index in [-0.39, 0.29) is 17.7 Å². The molecule has 0 fully saturated rings. The molecule has 104 valence electrons. The summed E-state index contributed by atoms with van der Waals surface area (Å²) in [5.41, 5.74) is 1.44. The molecule has 20 heavy (non-hydrogen) atoms. The van der Waals surface area contributed by atoms with E-state index in [1.807, 2.05) is 4.57 Å². The first kappa shape index (κ1) is 12.8. The van der Waals surface area contributed by atoms with Gasteiger partial charge in [0.15, 0.2) is 0 Å². The second-order valence-corrected chi connectivity index (χ2v) is 4.92. The van der Waals surface area contributed by atoms with Crippen molar-refractivity contribution in [3.05, 3.63) is 42.0 Å². The van der Waals surface area contributed by atoms with E-state index in [9.17, 15) is 9.18 Å². The van der Waals surface area contributed by atoms with Gasteiger partial charge >= 0.3 is 5.97 Å². The number of halogens is 1. The van der Waals surface area contributed by atoms with Gasteiger partial charge in [-0.3, -0.25) is 4.79 Å². The standard InChI is InChI=1S/C15H15FN2O2/c1-20-15(19)10-6-7-18-11(8-10)9-17-14(18)12-4-2-3-5-13(12)16/h2-5,9-10H,6-8H2,1H3. The Hall–Kier alpha value is -2.17. The third-order valence-corrected chi connectivity index (χ3v) is 3.74. The van der Waals surface area contributed by atoms with Gasteiger partial charge in [0, 0.05) is 24.9 Å². The predicted molar refractivity (Wildman–Crippen MR) is 71.4 cm³/mol. The van der Waals surface area contributed by atoms with Gasteiger partial charge in [-0.1, -0.05) is 12.1 Å². The van der Waals surface area contributed by atoms with Gasteiger partial charge in [0.25, 0.3) is 0 Å². The Morgan fingerprint density at radius 2 is 2.25 bits per heavy atom. The average molecular weight is 274 g/mol. The highest BCUT2D eigenvalue weighted by molar-refractivity contribution is 5.73. The molecule has 2 aromatic rings. The highest BCUT2D eigenvalue weighted by Crippen LogP contribution is 2.28. The monoisotopic (exact) mass is 274 g/mol. The molecule has 1 atom stereocenters. The van der Waals surface area contributed by atoms with Gasteiger partial charge in [-0.2, -0.15) is 0 Å². The quantitative estimate of drug-likeness (QED) is 0.790. The molecule has 3 rings (SSSR count). The van der Waals surface area contributed by atoms with Gasteiger partial charge in [0.2, 0.25) is 0 Å². The minimum atomic E-state index is -0.281. The Kier molecular flexibility index (Phi) is 3.26. The van der Waals surface area contributed by atoms with Crippen LogP contribution >= 0.6 is 0 Å². The van der Waals surface area contributed by atoms with Crippen molar-refractivity contribution in [1.29, 1.82) is 0 Å². The maximum atomic E-state index is 13.9. The molecule has 0 N–H and O–H groups in total. The molecular formula is C15H15FN2O2. The lowest BCUT2D eigenvalue weighted by atomic mass is 9.96. The van der Waals surface area contributed by atoms with E-state index < -0.39 is 0 Å². The van der Waals surface area contributed by atoms with Crippen LogP contribution in [0.3, 0.4) is 0 Å². The molecule has 0 radical (unpaired) electrons. The lowest BCUT2D eigenvalue weighted by Crippen LogP contribution is -2.26. The molecule has 0 spiro atoms. The summed E-state index contributed by atoms with van der Waals surface area (Å²) < 4.78 is 20.6. The molecular weight excluding hydrogens is 259 g/mol. The van der Waals surface area contributed by atoms with Crippen LogP contribution < -0.4 is 0 Å². The number of carbonyl (C=O) groups is 1. The third kappa shape index (κ3) is 2.09. The maximum Gasteiger partial charge on any atom is 0.309 e. The molecule has 1 aliphatic rings. The smallest absolute Gasteiger partial charge is 0.309 e. The zero-order valence-corrected chi connectivity index (χ0v) is 11.2. The number of hydrogen-bond acceptors (Lipinski definition) is 3. The van der Waals surface area contributed by atoms with Crippen LogP contribution in [0.2, 0.25) is 0 Å². The summed E-state index contributed by atoms with van der Waals surface area (Å²) in [6, 6.07) is 6.60. The molecule has 1 unspecified atom stereocenters. The fraction of sp³-hybridized carbons (Fsp3) is 0.333. The molecule has 1 aromatic heterocycles. The summed E-state index contributed by atoms with van der Waals surface area (Å²) in [5, 5.41) is 0. The largest absolute Gasteiger partial charge is 0.469 e. The van der Waals surface area contributed by atoms with Crippen molar-refractivity contribution in [1.82, 2.24) is 9.55 Å². The highest BCUT2D eigenvalue weighted by Gasteiger charge is 2.27. The van der Waals surface area contributed by atoms with E-state index in [1.165, 1.54) is 13.2 Å². The van der Waals surface area contributed by atoms with Gasteiger partial charge in [0.1, 0.15) is 11.6 Å². The minimum Gasteiger partial charge on any atom is -0.469 e. The number of esters is 1. The van der Waals surface area contributed by atoms with Crippen molar-refractivity contribution in [2.24, 2.45) is 5.92 Å². The maximum absolute atomic E-state index is 13.9. The number of aromatic nitrogens is 2. The van der Waals surface area contributed by atoms with Crippen LogP contribution in [0.5, 0.6) is 0 Å². The molecule has 1 aliphatic heterocycles. The number of carbonyl (C=O) groups excluding carboxylic acids is 1. The Balaban J connectivity index is 1.94. The number of methoxy groups -OCH3 is 1. The first-order chi connectivity index (χ1) is 9.70. The van der Waals surface area contributed by atoms with Crippen molar-refractivity contribution >= 4 is 5.97 Å². The Bertz CT molecular complexity index is 651. The first-order valence-corrected chi connectivity index (χ1v) is 6.58.